The van der Waals surface area contributed by atoms with Crippen LogP contribution in [0.3, 0.4) is 0 Å². The molecular formula is C14H18BrN3S. The Bertz CT molecular complexity index is 553. The first-order chi connectivity index (χ1) is 9.11. The summed E-state index contributed by atoms with van der Waals surface area (Å²) < 4.78 is 1.10. The smallest absolute Gasteiger partial charge is 0.0798 e. The number of aryl methyl sites for hydroxylation is 1. The Morgan fingerprint density at radius 1 is 1.42 bits per heavy atom. The molecule has 0 unspecified atom stereocenters. The van der Waals surface area contributed by atoms with Crippen molar-refractivity contribution in [3.8, 4) is 0 Å². The van der Waals surface area contributed by atoms with Gasteiger partial charge in [-0.2, -0.15) is 0 Å². The molecule has 0 bridgehead atoms. The van der Waals surface area contributed by atoms with Gasteiger partial charge in [0.25, 0.3) is 0 Å². The Kier molecular flexibility index (Phi) is 4.96. The Morgan fingerprint density at radius 2 is 2.21 bits per heavy atom. The second kappa shape index (κ2) is 6.50. The largest absolute Gasteiger partial charge is 0.369 e. The summed E-state index contributed by atoms with van der Waals surface area (Å²) in [5, 5.41) is 0. The summed E-state index contributed by atoms with van der Waals surface area (Å²) in [5.74, 6) is 0. The molecule has 2 aromatic rings. The van der Waals surface area contributed by atoms with Gasteiger partial charge in [-0.3, -0.25) is 0 Å². The normalized spacial score (nSPS) is 10.7. The molecule has 0 saturated heterocycles. The van der Waals surface area contributed by atoms with Crippen LogP contribution in [0, 0.1) is 6.92 Å². The quantitative estimate of drug-likeness (QED) is 0.908. The van der Waals surface area contributed by atoms with E-state index in [-0.39, 0.29) is 0 Å². The molecule has 102 valence electrons. The van der Waals surface area contributed by atoms with Gasteiger partial charge < -0.3 is 10.6 Å². The van der Waals surface area contributed by atoms with E-state index in [1.54, 1.807) is 11.3 Å². The second-order valence-electron chi connectivity index (χ2n) is 4.53. The van der Waals surface area contributed by atoms with E-state index in [0.717, 1.165) is 23.1 Å². The molecule has 0 aliphatic heterocycles. The molecule has 0 radical (unpaired) electrons. The van der Waals surface area contributed by atoms with Crippen LogP contribution in [0.4, 0.5) is 5.69 Å². The first-order valence-corrected chi connectivity index (χ1v) is 7.87. The maximum Gasteiger partial charge on any atom is 0.0798 e. The van der Waals surface area contributed by atoms with Crippen molar-refractivity contribution >= 4 is 33.0 Å². The molecule has 3 nitrogen and oxygen atoms in total. The van der Waals surface area contributed by atoms with Gasteiger partial charge in [-0.05, 0) is 43.7 Å². The predicted molar refractivity (Wildman–Crippen MR) is 85.9 cm³/mol. The minimum absolute atomic E-state index is 0.664. The SMILES string of the molecule is Cc1ncsc1CN(C)c1ccc(Br)cc1CCN. The average Bonchev–Trinajstić information content (AvgIpc) is 2.75. The van der Waals surface area contributed by atoms with Gasteiger partial charge in [0.1, 0.15) is 0 Å². The summed E-state index contributed by atoms with van der Waals surface area (Å²) in [7, 11) is 2.11. The van der Waals surface area contributed by atoms with Crippen LogP contribution in [0.2, 0.25) is 0 Å². The molecule has 0 atom stereocenters. The highest BCUT2D eigenvalue weighted by Crippen LogP contribution is 2.26. The van der Waals surface area contributed by atoms with Gasteiger partial charge in [-0.25, -0.2) is 4.98 Å². The van der Waals surface area contributed by atoms with Crippen LogP contribution in [0.5, 0.6) is 0 Å². The van der Waals surface area contributed by atoms with E-state index in [9.17, 15) is 0 Å². The number of hydrogen-bond acceptors (Lipinski definition) is 4. The third-order valence-electron chi connectivity index (χ3n) is 3.09. The summed E-state index contributed by atoms with van der Waals surface area (Å²) in [5.41, 5.74) is 11.2. The summed E-state index contributed by atoms with van der Waals surface area (Å²) in [4.78, 5) is 7.87. The van der Waals surface area contributed by atoms with Crippen LogP contribution in [0.15, 0.2) is 28.2 Å². The highest BCUT2D eigenvalue weighted by molar-refractivity contribution is 9.10. The number of halogens is 1. The van der Waals surface area contributed by atoms with E-state index in [2.05, 4.69) is 58.0 Å². The third-order valence-corrected chi connectivity index (χ3v) is 4.51. The first-order valence-electron chi connectivity index (χ1n) is 6.20. The Labute approximate surface area is 126 Å². The zero-order valence-corrected chi connectivity index (χ0v) is 13.6. The molecule has 0 spiro atoms. The number of anilines is 1. The van der Waals surface area contributed by atoms with Gasteiger partial charge in [0.05, 0.1) is 17.7 Å². The van der Waals surface area contributed by atoms with E-state index < -0.39 is 0 Å². The lowest BCUT2D eigenvalue weighted by Gasteiger charge is -2.22. The van der Waals surface area contributed by atoms with Crippen LogP contribution in [0.25, 0.3) is 0 Å². The molecule has 2 rings (SSSR count). The molecule has 0 amide bonds. The number of nitrogens with zero attached hydrogens (tertiary/aromatic N) is 2. The molecule has 19 heavy (non-hydrogen) atoms. The highest BCUT2D eigenvalue weighted by Gasteiger charge is 2.10. The fourth-order valence-corrected chi connectivity index (χ4v) is 3.30. The number of benzene rings is 1. The first kappa shape index (κ1) is 14.5. The van der Waals surface area contributed by atoms with Crippen LogP contribution in [-0.4, -0.2) is 18.6 Å². The topological polar surface area (TPSA) is 42.2 Å². The van der Waals surface area contributed by atoms with Gasteiger partial charge in [-0.1, -0.05) is 15.9 Å². The summed E-state index contributed by atoms with van der Waals surface area (Å²) in [6.07, 6.45) is 0.890. The van der Waals surface area contributed by atoms with Gasteiger partial charge in [0.2, 0.25) is 0 Å². The predicted octanol–water partition coefficient (Wildman–Crippen LogP) is 3.35. The lowest BCUT2D eigenvalue weighted by Crippen LogP contribution is -2.19. The number of nitrogens with two attached hydrogens (primary N) is 1. The molecule has 1 aromatic carbocycles. The van der Waals surface area contributed by atoms with E-state index in [1.165, 1.54) is 16.1 Å². The molecule has 0 fully saturated rings. The standard InChI is InChI=1S/C14H18BrN3S/c1-10-14(19-9-17-10)8-18(2)13-4-3-12(15)7-11(13)5-6-16/h3-4,7,9H,5-6,8,16H2,1-2H3. The summed E-state index contributed by atoms with van der Waals surface area (Å²) >= 11 is 5.23. The zero-order chi connectivity index (χ0) is 13.8. The van der Waals surface area contributed by atoms with Crippen molar-refractivity contribution in [3.05, 3.63) is 44.3 Å². The fraction of sp³-hybridized carbons (Fsp3) is 0.357. The van der Waals surface area contributed by atoms with Gasteiger partial charge in [0.15, 0.2) is 0 Å². The Hall–Kier alpha value is -0.910. The number of rotatable bonds is 5. The van der Waals surface area contributed by atoms with Crippen molar-refractivity contribution in [1.82, 2.24) is 4.98 Å². The molecule has 1 aromatic heterocycles. The number of thiazole rings is 1. The molecular weight excluding hydrogens is 322 g/mol. The monoisotopic (exact) mass is 339 g/mol. The van der Waals surface area contributed by atoms with Crippen LogP contribution < -0.4 is 10.6 Å². The van der Waals surface area contributed by atoms with Crippen molar-refractivity contribution in [2.24, 2.45) is 5.73 Å². The maximum absolute atomic E-state index is 5.70. The molecule has 0 saturated carbocycles. The Morgan fingerprint density at radius 3 is 2.84 bits per heavy atom. The van der Waals surface area contributed by atoms with E-state index in [0.29, 0.717) is 6.54 Å². The van der Waals surface area contributed by atoms with Gasteiger partial charge in [0, 0.05) is 22.1 Å². The van der Waals surface area contributed by atoms with Crippen molar-refractivity contribution in [1.29, 1.82) is 0 Å². The van der Waals surface area contributed by atoms with E-state index >= 15 is 0 Å². The van der Waals surface area contributed by atoms with E-state index in [4.69, 9.17) is 5.73 Å². The van der Waals surface area contributed by atoms with E-state index in [1.807, 2.05) is 5.51 Å². The van der Waals surface area contributed by atoms with Crippen molar-refractivity contribution in [2.45, 2.75) is 19.9 Å². The number of hydrogen-bond donors (Lipinski definition) is 1. The highest BCUT2D eigenvalue weighted by atomic mass is 79.9. The average molecular weight is 340 g/mol. The van der Waals surface area contributed by atoms with Gasteiger partial charge in [-0.15, -0.1) is 11.3 Å². The minimum atomic E-state index is 0.664. The lowest BCUT2D eigenvalue weighted by molar-refractivity contribution is 0.894. The Balaban J connectivity index is 2.23. The van der Waals surface area contributed by atoms with Crippen LogP contribution in [0.1, 0.15) is 16.1 Å². The second-order valence-corrected chi connectivity index (χ2v) is 6.38. The van der Waals surface area contributed by atoms with Crippen molar-refractivity contribution in [3.63, 3.8) is 0 Å². The minimum Gasteiger partial charge on any atom is -0.369 e. The van der Waals surface area contributed by atoms with Gasteiger partial charge >= 0.3 is 0 Å². The zero-order valence-electron chi connectivity index (χ0n) is 11.2. The fourth-order valence-electron chi connectivity index (χ4n) is 2.06. The molecule has 1 heterocycles. The molecule has 2 N–H and O–H groups in total. The van der Waals surface area contributed by atoms with Crippen molar-refractivity contribution in [2.75, 3.05) is 18.5 Å². The third kappa shape index (κ3) is 3.55. The summed E-state index contributed by atoms with van der Waals surface area (Å²) in [6, 6.07) is 6.37. The van der Waals surface area contributed by atoms with Crippen LogP contribution in [-0.2, 0) is 13.0 Å². The lowest BCUT2D eigenvalue weighted by atomic mass is 10.1. The van der Waals surface area contributed by atoms with Crippen molar-refractivity contribution < 1.29 is 0 Å². The summed E-state index contributed by atoms with van der Waals surface area (Å²) in [6.45, 7) is 3.61. The molecule has 0 aliphatic rings. The number of aromatic nitrogens is 1. The maximum atomic E-state index is 5.70. The van der Waals surface area contributed by atoms with Crippen LogP contribution >= 0.6 is 27.3 Å². The molecule has 0 aliphatic carbocycles. The molecule has 5 heteroatoms.